The zero-order valence-corrected chi connectivity index (χ0v) is 11.5. The number of nitrogens with one attached hydrogen (secondary N) is 1. The summed E-state index contributed by atoms with van der Waals surface area (Å²) in [5, 5.41) is 13.2. The van der Waals surface area contributed by atoms with Crippen molar-refractivity contribution in [3.63, 3.8) is 0 Å². The van der Waals surface area contributed by atoms with Crippen molar-refractivity contribution in [3.05, 3.63) is 35.9 Å². The fourth-order valence-corrected chi connectivity index (χ4v) is 3.04. The standard InChI is InChI=1S/C16H25NO/c1-12(2)16(13-7-4-3-5-8-13)17-15-10-6-9-14(15)11-18/h3-5,7-8,12,14-18H,6,9-11H2,1-2H3. The maximum absolute atomic E-state index is 9.42. The fourth-order valence-electron chi connectivity index (χ4n) is 3.04. The summed E-state index contributed by atoms with van der Waals surface area (Å²) >= 11 is 0. The minimum absolute atomic E-state index is 0.317. The minimum atomic E-state index is 0.317. The van der Waals surface area contributed by atoms with Gasteiger partial charge in [0, 0.05) is 18.7 Å². The van der Waals surface area contributed by atoms with E-state index in [2.05, 4.69) is 49.5 Å². The highest BCUT2D eigenvalue weighted by Crippen LogP contribution is 2.30. The summed E-state index contributed by atoms with van der Waals surface area (Å²) in [5.74, 6) is 1.00. The topological polar surface area (TPSA) is 32.3 Å². The largest absolute Gasteiger partial charge is 0.396 e. The Morgan fingerprint density at radius 1 is 1.22 bits per heavy atom. The Balaban J connectivity index is 2.07. The third kappa shape index (κ3) is 3.12. The van der Waals surface area contributed by atoms with E-state index in [4.69, 9.17) is 0 Å². The van der Waals surface area contributed by atoms with Crippen molar-refractivity contribution in [3.8, 4) is 0 Å². The molecule has 1 fully saturated rings. The van der Waals surface area contributed by atoms with Gasteiger partial charge in [-0.2, -0.15) is 0 Å². The van der Waals surface area contributed by atoms with Crippen LogP contribution in [0, 0.1) is 11.8 Å². The molecule has 1 saturated carbocycles. The van der Waals surface area contributed by atoms with Gasteiger partial charge in [-0.3, -0.25) is 0 Å². The smallest absolute Gasteiger partial charge is 0.0474 e. The molecule has 0 amide bonds. The summed E-state index contributed by atoms with van der Waals surface area (Å²) in [7, 11) is 0. The van der Waals surface area contributed by atoms with Crippen LogP contribution in [0.5, 0.6) is 0 Å². The Hall–Kier alpha value is -0.860. The Labute approximate surface area is 110 Å². The van der Waals surface area contributed by atoms with Crippen molar-refractivity contribution in [1.29, 1.82) is 0 Å². The highest BCUT2D eigenvalue weighted by atomic mass is 16.3. The number of aliphatic hydroxyl groups excluding tert-OH is 1. The lowest BCUT2D eigenvalue weighted by molar-refractivity contribution is 0.193. The van der Waals surface area contributed by atoms with Crippen LogP contribution < -0.4 is 5.32 Å². The average Bonchev–Trinajstić information content (AvgIpc) is 2.83. The summed E-state index contributed by atoms with van der Waals surface area (Å²) < 4.78 is 0. The van der Waals surface area contributed by atoms with Gasteiger partial charge in [0.25, 0.3) is 0 Å². The van der Waals surface area contributed by atoms with Crippen molar-refractivity contribution in [2.75, 3.05) is 6.61 Å². The van der Waals surface area contributed by atoms with Gasteiger partial charge in [-0.05, 0) is 30.2 Å². The summed E-state index contributed by atoms with van der Waals surface area (Å²) in [5.41, 5.74) is 1.36. The number of benzene rings is 1. The normalized spacial score (nSPS) is 25.6. The number of rotatable bonds is 5. The summed E-state index contributed by atoms with van der Waals surface area (Å²) in [6.07, 6.45) is 3.59. The SMILES string of the molecule is CC(C)C(NC1CCCC1CO)c1ccccc1. The van der Waals surface area contributed by atoms with Gasteiger partial charge in [0.05, 0.1) is 0 Å². The molecule has 100 valence electrons. The zero-order chi connectivity index (χ0) is 13.0. The van der Waals surface area contributed by atoms with Crippen LogP contribution in [0.2, 0.25) is 0 Å². The van der Waals surface area contributed by atoms with E-state index in [1.807, 2.05) is 0 Å². The Morgan fingerprint density at radius 2 is 1.94 bits per heavy atom. The van der Waals surface area contributed by atoms with Crippen molar-refractivity contribution in [2.24, 2.45) is 11.8 Å². The molecule has 2 nitrogen and oxygen atoms in total. The molecule has 3 atom stereocenters. The minimum Gasteiger partial charge on any atom is -0.396 e. The van der Waals surface area contributed by atoms with E-state index in [9.17, 15) is 5.11 Å². The van der Waals surface area contributed by atoms with E-state index in [1.165, 1.54) is 18.4 Å². The summed E-state index contributed by atoms with van der Waals surface area (Å²) in [6, 6.07) is 11.5. The van der Waals surface area contributed by atoms with Crippen molar-refractivity contribution in [2.45, 2.75) is 45.2 Å². The van der Waals surface area contributed by atoms with E-state index in [-0.39, 0.29) is 0 Å². The van der Waals surface area contributed by atoms with E-state index < -0.39 is 0 Å². The van der Waals surface area contributed by atoms with Crippen LogP contribution in [-0.4, -0.2) is 17.8 Å². The number of hydrogen-bond acceptors (Lipinski definition) is 2. The molecule has 0 spiro atoms. The molecule has 3 unspecified atom stereocenters. The van der Waals surface area contributed by atoms with E-state index in [0.29, 0.717) is 30.5 Å². The lowest BCUT2D eigenvalue weighted by Gasteiger charge is -2.29. The molecule has 2 N–H and O–H groups in total. The number of hydrogen-bond donors (Lipinski definition) is 2. The second-order valence-corrected chi connectivity index (χ2v) is 5.78. The molecule has 18 heavy (non-hydrogen) atoms. The van der Waals surface area contributed by atoms with Gasteiger partial charge < -0.3 is 10.4 Å². The van der Waals surface area contributed by atoms with Gasteiger partial charge in [0.2, 0.25) is 0 Å². The van der Waals surface area contributed by atoms with Crippen LogP contribution >= 0.6 is 0 Å². The van der Waals surface area contributed by atoms with Gasteiger partial charge in [-0.25, -0.2) is 0 Å². The van der Waals surface area contributed by atoms with E-state index in [0.717, 1.165) is 6.42 Å². The van der Waals surface area contributed by atoms with Gasteiger partial charge in [0.15, 0.2) is 0 Å². The van der Waals surface area contributed by atoms with Crippen LogP contribution in [-0.2, 0) is 0 Å². The number of aliphatic hydroxyl groups is 1. The summed E-state index contributed by atoms with van der Waals surface area (Å²) in [6.45, 7) is 4.83. The molecule has 1 aromatic rings. The molecule has 1 aromatic carbocycles. The molecule has 0 bridgehead atoms. The molecular weight excluding hydrogens is 222 g/mol. The molecular formula is C16H25NO. The highest BCUT2D eigenvalue weighted by molar-refractivity contribution is 5.19. The Morgan fingerprint density at radius 3 is 2.56 bits per heavy atom. The Kier molecular flexibility index (Phi) is 4.79. The molecule has 2 heteroatoms. The first-order valence-corrected chi connectivity index (χ1v) is 7.14. The van der Waals surface area contributed by atoms with Gasteiger partial charge in [0.1, 0.15) is 0 Å². The maximum atomic E-state index is 9.42. The van der Waals surface area contributed by atoms with Crippen LogP contribution in [0.1, 0.15) is 44.7 Å². The third-order valence-corrected chi connectivity index (χ3v) is 4.11. The second kappa shape index (κ2) is 6.35. The van der Waals surface area contributed by atoms with Gasteiger partial charge >= 0.3 is 0 Å². The van der Waals surface area contributed by atoms with Crippen molar-refractivity contribution < 1.29 is 5.11 Å². The van der Waals surface area contributed by atoms with Crippen LogP contribution in [0.15, 0.2) is 30.3 Å². The highest BCUT2D eigenvalue weighted by Gasteiger charge is 2.29. The maximum Gasteiger partial charge on any atom is 0.0474 e. The molecule has 0 radical (unpaired) electrons. The second-order valence-electron chi connectivity index (χ2n) is 5.78. The Bertz CT molecular complexity index is 349. The molecule has 0 saturated heterocycles. The third-order valence-electron chi connectivity index (χ3n) is 4.11. The quantitative estimate of drug-likeness (QED) is 0.838. The lowest BCUT2D eigenvalue weighted by atomic mass is 9.93. The van der Waals surface area contributed by atoms with Crippen LogP contribution in [0.4, 0.5) is 0 Å². The molecule has 1 aliphatic rings. The van der Waals surface area contributed by atoms with Crippen LogP contribution in [0.25, 0.3) is 0 Å². The lowest BCUT2D eigenvalue weighted by Crippen LogP contribution is -2.38. The first kappa shape index (κ1) is 13.6. The monoisotopic (exact) mass is 247 g/mol. The van der Waals surface area contributed by atoms with Gasteiger partial charge in [-0.15, -0.1) is 0 Å². The molecule has 0 aliphatic heterocycles. The van der Waals surface area contributed by atoms with Crippen molar-refractivity contribution >= 4 is 0 Å². The molecule has 1 aliphatic carbocycles. The van der Waals surface area contributed by atoms with E-state index >= 15 is 0 Å². The predicted octanol–water partition coefficient (Wildman–Crippen LogP) is 3.13. The predicted molar refractivity (Wildman–Crippen MR) is 75.4 cm³/mol. The average molecular weight is 247 g/mol. The van der Waals surface area contributed by atoms with Gasteiger partial charge in [-0.1, -0.05) is 50.6 Å². The fraction of sp³-hybridized carbons (Fsp3) is 0.625. The van der Waals surface area contributed by atoms with Crippen LogP contribution in [0.3, 0.4) is 0 Å². The van der Waals surface area contributed by atoms with E-state index in [1.54, 1.807) is 0 Å². The molecule has 2 rings (SSSR count). The first-order valence-electron chi connectivity index (χ1n) is 7.14. The molecule has 0 heterocycles. The molecule has 0 aromatic heterocycles. The summed E-state index contributed by atoms with van der Waals surface area (Å²) in [4.78, 5) is 0. The van der Waals surface area contributed by atoms with Crippen molar-refractivity contribution in [1.82, 2.24) is 5.32 Å². The zero-order valence-electron chi connectivity index (χ0n) is 11.5. The first-order chi connectivity index (χ1) is 8.72.